The molecule has 0 fully saturated rings. The molecule has 4 nitrogen and oxygen atoms in total. The lowest BCUT2D eigenvalue weighted by Crippen LogP contribution is -2.26. The van der Waals surface area contributed by atoms with Crippen LogP contribution in [0.2, 0.25) is 0 Å². The standard InChI is InChI=1S/C7H15NO3/c1-2-3-5(7(8)11)4-6(9)10/h5-6,9-10H,2-4H2,1H3,(H2,8,11). The zero-order valence-corrected chi connectivity index (χ0v) is 6.66. The number of primary amides is 1. The van der Waals surface area contributed by atoms with Crippen LogP contribution in [0.25, 0.3) is 0 Å². The molecule has 0 saturated heterocycles. The van der Waals surface area contributed by atoms with E-state index in [1.165, 1.54) is 0 Å². The quantitative estimate of drug-likeness (QED) is 0.479. The van der Waals surface area contributed by atoms with Crippen LogP contribution >= 0.6 is 0 Å². The first-order valence-corrected chi connectivity index (χ1v) is 3.73. The number of carbonyl (C=O) groups is 1. The van der Waals surface area contributed by atoms with Crippen molar-refractivity contribution >= 4 is 5.91 Å². The molecule has 4 N–H and O–H groups in total. The smallest absolute Gasteiger partial charge is 0.220 e. The lowest BCUT2D eigenvalue weighted by molar-refractivity contribution is -0.126. The summed E-state index contributed by atoms with van der Waals surface area (Å²) in [4.78, 5) is 10.6. The van der Waals surface area contributed by atoms with Crippen LogP contribution in [0.1, 0.15) is 26.2 Å². The van der Waals surface area contributed by atoms with E-state index in [1.807, 2.05) is 6.92 Å². The molecule has 0 rings (SSSR count). The van der Waals surface area contributed by atoms with Gasteiger partial charge in [-0.1, -0.05) is 13.3 Å². The van der Waals surface area contributed by atoms with Crippen molar-refractivity contribution in [3.8, 4) is 0 Å². The molecule has 1 atom stereocenters. The molecule has 0 aliphatic rings. The van der Waals surface area contributed by atoms with E-state index in [0.717, 1.165) is 6.42 Å². The summed E-state index contributed by atoms with van der Waals surface area (Å²) < 4.78 is 0. The molecule has 0 bridgehead atoms. The second-order valence-corrected chi connectivity index (χ2v) is 2.60. The summed E-state index contributed by atoms with van der Waals surface area (Å²) >= 11 is 0. The molecule has 66 valence electrons. The van der Waals surface area contributed by atoms with Gasteiger partial charge in [-0.2, -0.15) is 0 Å². The number of carbonyl (C=O) groups excluding carboxylic acids is 1. The molecule has 0 aromatic rings. The van der Waals surface area contributed by atoms with Crippen molar-refractivity contribution in [3.63, 3.8) is 0 Å². The Kier molecular flexibility index (Phi) is 4.81. The van der Waals surface area contributed by atoms with Crippen LogP contribution in [0.4, 0.5) is 0 Å². The number of aliphatic hydroxyl groups excluding tert-OH is 1. The van der Waals surface area contributed by atoms with Crippen molar-refractivity contribution in [1.82, 2.24) is 0 Å². The normalized spacial score (nSPS) is 13.5. The molecule has 0 saturated carbocycles. The predicted molar refractivity (Wildman–Crippen MR) is 40.4 cm³/mol. The largest absolute Gasteiger partial charge is 0.369 e. The van der Waals surface area contributed by atoms with Crippen LogP contribution < -0.4 is 5.73 Å². The minimum atomic E-state index is -1.43. The lowest BCUT2D eigenvalue weighted by Gasteiger charge is -2.12. The summed E-state index contributed by atoms with van der Waals surface area (Å²) in [6, 6.07) is 0. The highest BCUT2D eigenvalue weighted by molar-refractivity contribution is 5.76. The number of rotatable bonds is 5. The van der Waals surface area contributed by atoms with E-state index in [4.69, 9.17) is 15.9 Å². The van der Waals surface area contributed by atoms with Gasteiger partial charge in [0.15, 0.2) is 6.29 Å². The van der Waals surface area contributed by atoms with Gasteiger partial charge in [0.1, 0.15) is 0 Å². The first-order valence-electron chi connectivity index (χ1n) is 3.73. The molecule has 1 amide bonds. The fourth-order valence-corrected chi connectivity index (χ4v) is 0.979. The van der Waals surface area contributed by atoms with Gasteiger partial charge in [-0.3, -0.25) is 4.79 Å². The second-order valence-electron chi connectivity index (χ2n) is 2.60. The Morgan fingerprint density at radius 3 is 2.36 bits per heavy atom. The highest BCUT2D eigenvalue weighted by atomic mass is 16.5. The molecular formula is C7H15NO3. The van der Waals surface area contributed by atoms with Gasteiger partial charge >= 0.3 is 0 Å². The van der Waals surface area contributed by atoms with Gasteiger partial charge in [0.25, 0.3) is 0 Å². The van der Waals surface area contributed by atoms with Crippen LogP contribution in [0.3, 0.4) is 0 Å². The highest BCUT2D eigenvalue weighted by Gasteiger charge is 2.16. The Balaban J connectivity index is 3.79. The van der Waals surface area contributed by atoms with E-state index in [2.05, 4.69) is 0 Å². The number of nitrogens with two attached hydrogens (primary N) is 1. The Bertz CT molecular complexity index is 125. The number of amides is 1. The maximum Gasteiger partial charge on any atom is 0.220 e. The minimum absolute atomic E-state index is 0.0448. The maximum absolute atomic E-state index is 10.6. The molecule has 1 unspecified atom stereocenters. The summed E-state index contributed by atoms with van der Waals surface area (Å²) in [6.07, 6.45) is 0.0512. The van der Waals surface area contributed by atoms with E-state index in [1.54, 1.807) is 0 Å². The first-order chi connectivity index (χ1) is 5.07. The fourth-order valence-electron chi connectivity index (χ4n) is 0.979. The van der Waals surface area contributed by atoms with Gasteiger partial charge in [-0.15, -0.1) is 0 Å². The van der Waals surface area contributed by atoms with Gasteiger partial charge in [-0.25, -0.2) is 0 Å². The van der Waals surface area contributed by atoms with E-state index in [0.29, 0.717) is 6.42 Å². The third-order valence-electron chi connectivity index (χ3n) is 1.53. The average molecular weight is 161 g/mol. The van der Waals surface area contributed by atoms with E-state index in [-0.39, 0.29) is 6.42 Å². The summed E-state index contributed by atoms with van der Waals surface area (Å²) in [5.74, 6) is -0.861. The van der Waals surface area contributed by atoms with Gasteiger partial charge < -0.3 is 15.9 Å². The Labute approximate surface area is 66.0 Å². The summed E-state index contributed by atoms with van der Waals surface area (Å²) in [7, 11) is 0. The van der Waals surface area contributed by atoms with Crippen molar-refractivity contribution in [3.05, 3.63) is 0 Å². The van der Waals surface area contributed by atoms with E-state index >= 15 is 0 Å². The first kappa shape index (κ1) is 10.4. The van der Waals surface area contributed by atoms with E-state index < -0.39 is 18.1 Å². The molecule has 0 aliphatic heterocycles. The third-order valence-corrected chi connectivity index (χ3v) is 1.53. The topological polar surface area (TPSA) is 83.6 Å². The molecular weight excluding hydrogens is 146 g/mol. The number of hydrogen-bond donors (Lipinski definition) is 3. The summed E-state index contributed by atoms with van der Waals surface area (Å²) in [5, 5.41) is 17.1. The monoisotopic (exact) mass is 161 g/mol. The van der Waals surface area contributed by atoms with Crippen molar-refractivity contribution in [2.24, 2.45) is 11.7 Å². The van der Waals surface area contributed by atoms with Crippen molar-refractivity contribution in [2.45, 2.75) is 32.5 Å². The zero-order chi connectivity index (χ0) is 8.85. The molecule has 0 spiro atoms. The van der Waals surface area contributed by atoms with Crippen LogP contribution in [0.5, 0.6) is 0 Å². The van der Waals surface area contributed by atoms with Gasteiger partial charge in [0, 0.05) is 12.3 Å². The zero-order valence-electron chi connectivity index (χ0n) is 6.66. The molecule has 0 aromatic heterocycles. The summed E-state index contributed by atoms with van der Waals surface area (Å²) in [5.41, 5.74) is 5.01. The van der Waals surface area contributed by atoms with Crippen LogP contribution in [0, 0.1) is 5.92 Å². The van der Waals surface area contributed by atoms with Crippen molar-refractivity contribution in [2.75, 3.05) is 0 Å². The van der Waals surface area contributed by atoms with E-state index in [9.17, 15) is 4.79 Å². The summed E-state index contributed by atoms with van der Waals surface area (Å²) in [6.45, 7) is 1.92. The molecule has 11 heavy (non-hydrogen) atoms. The number of hydrogen-bond acceptors (Lipinski definition) is 3. The van der Waals surface area contributed by atoms with Gasteiger partial charge in [0.2, 0.25) is 5.91 Å². The Morgan fingerprint density at radius 1 is 1.55 bits per heavy atom. The lowest BCUT2D eigenvalue weighted by atomic mass is 9.99. The molecule has 0 heterocycles. The SMILES string of the molecule is CCCC(CC(O)O)C(N)=O. The number of aliphatic hydroxyl groups is 2. The molecule has 0 radical (unpaired) electrons. The van der Waals surface area contributed by atoms with Crippen molar-refractivity contribution in [1.29, 1.82) is 0 Å². The van der Waals surface area contributed by atoms with Crippen LogP contribution in [-0.4, -0.2) is 22.4 Å². The maximum atomic E-state index is 10.6. The predicted octanol–water partition coefficient (Wildman–Crippen LogP) is -0.411. The molecule has 4 heteroatoms. The molecule has 0 aliphatic carbocycles. The molecule has 0 aromatic carbocycles. The third kappa shape index (κ3) is 4.75. The van der Waals surface area contributed by atoms with Crippen molar-refractivity contribution < 1.29 is 15.0 Å². The Morgan fingerprint density at radius 2 is 2.09 bits per heavy atom. The highest BCUT2D eigenvalue weighted by Crippen LogP contribution is 2.11. The van der Waals surface area contributed by atoms with Crippen LogP contribution in [-0.2, 0) is 4.79 Å². The van der Waals surface area contributed by atoms with Gasteiger partial charge in [0.05, 0.1) is 0 Å². The second kappa shape index (κ2) is 5.09. The average Bonchev–Trinajstić information content (AvgIpc) is 1.86. The Hall–Kier alpha value is -0.610. The van der Waals surface area contributed by atoms with Gasteiger partial charge in [-0.05, 0) is 6.42 Å². The fraction of sp³-hybridized carbons (Fsp3) is 0.857. The van der Waals surface area contributed by atoms with Crippen LogP contribution in [0.15, 0.2) is 0 Å². The minimum Gasteiger partial charge on any atom is -0.369 e.